The van der Waals surface area contributed by atoms with Gasteiger partial charge in [-0.05, 0) is 86.0 Å². The molecule has 0 unspecified atom stereocenters. The first-order valence-corrected chi connectivity index (χ1v) is 18.4. The van der Waals surface area contributed by atoms with E-state index < -0.39 is 42.0 Å². The van der Waals surface area contributed by atoms with Crippen LogP contribution in [0.1, 0.15) is 93.0 Å². The maximum Gasteiger partial charge on any atom is 0.255 e. The summed E-state index contributed by atoms with van der Waals surface area (Å²) in [6.07, 6.45) is 18.8. The number of aryl methyl sites for hydroxylation is 2. The number of likely N-dealkylation sites (N-methyl/N-ethyl adjacent to an activating group) is 1. The van der Waals surface area contributed by atoms with Crippen molar-refractivity contribution in [2.75, 3.05) is 13.6 Å². The molecule has 49 heavy (non-hydrogen) atoms. The number of rotatable bonds is 16. The number of hydrogen-bond donors (Lipinski definition) is 4. The Bertz CT molecular complexity index is 1450. The molecule has 3 amide bonds. The molecule has 2 fully saturated rings. The van der Waals surface area contributed by atoms with Crippen LogP contribution in [0.25, 0.3) is 0 Å². The molecule has 0 radical (unpaired) electrons. The number of pyridine rings is 1. The van der Waals surface area contributed by atoms with Crippen molar-refractivity contribution in [2.45, 2.75) is 121 Å². The van der Waals surface area contributed by atoms with Crippen molar-refractivity contribution in [3.63, 3.8) is 0 Å². The van der Waals surface area contributed by atoms with Gasteiger partial charge in [-0.15, -0.1) is 6.42 Å². The van der Waals surface area contributed by atoms with E-state index in [0.717, 1.165) is 62.6 Å². The molecule has 0 bridgehead atoms. The number of aliphatic hydroxyl groups excluding tert-OH is 2. The van der Waals surface area contributed by atoms with Gasteiger partial charge < -0.3 is 25.7 Å². The first-order valence-electron chi connectivity index (χ1n) is 18.4. The Balaban J connectivity index is 1.22. The number of aromatic nitrogens is 1. The number of fused-ring (bicyclic) bond motifs is 1. The maximum absolute atomic E-state index is 13.8. The molecule has 2 saturated carbocycles. The van der Waals surface area contributed by atoms with Crippen molar-refractivity contribution < 1.29 is 24.6 Å². The fourth-order valence-electron chi connectivity index (χ4n) is 7.46. The van der Waals surface area contributed by atoms with Gasteiger partial charge in [0.15, 0.2) is 6.04 Å². The lowest BCUT2D eigenvalue weighted by Gasteiger charge is -2.33. The summed E-state index contributed by atoms with van der Waals surface area (Å²) in [7, 11) is 1.74. The van der Waals surface area contributed by atoms with Crippen LogP contribution in [0, 0.1) is 30.1 Å². The number of amides is 3. The molecule has 2 aromatic rings. The number of benzene rings is 1. The van der Waals surface area contributed by atoms with Gasteiger partial charge in [-0.2, -0.15) is 0 Å². The van der Waals surface area contributed by atoms with E-state index in [-0.39, 0.29) is 18.2 Å². The quantitative estimate of drug-likeness (QED) is 0.200. The SMILES string of the molecule is C#C[C@H](NC(=O)[C@@H](CC(=O)N(C)CCc1cc2c(cn1)CCCC2)Cc1ccccc1)C(=O)N[C@@H](CC1CCCCC1)[C@@H](O)[C@@H](O)C1CC1. The Morgan fingerprint density at radius 3 is 2.37 bits per heavy atom. The Kier molecular flexibility index (Phi) is 13.3. The van der Waals surface area contributed by atoms with Gasteiger partial charge >= 0.3 is 0 Å². The van der Waals surface area contributed by atoms with Crippen LogP contribution in [0.15, 0.2) is 42.6 Å². The van der Waals surface area contributed by atoms with Crippen molar-refractivity contribution in [1.29, 1.82) is 0 Å². The van der Waals surface area contributed by atoms with Crippen molar-refractivity contribution in [1.82, 2.24) is 20.5 Å². The Morgan fingerprint density at radius 2 is 1.67 bits per heavy atom. The molecule has 0 aliphatic heterocycles. The average molecular weight is 671 g/mol. The minimum Gasteiger partial charge on any atom is -0.390 e. The van der Waals surface area contributed by atoms with Crippen LogP contribution in [-0.4, -0.2) is 75.7 Å². The number of carbonyl (C=O) groups is 3. The number of terminal acetylenes is 1. The molecule has 0 spiro atoms. The smallest absolute Gasteiger partial charge is 0.255 e. The van der Waals surface area contributed by atoms with Crippen LogP contribution < -0.4 is 10.6 Å². The summed E-state index contributed by atoms with van der Waals surface area (Å²) in [5.74, 6) is 0.754. The highest BCUT2D eigenvalue weighted by atomic mass is 16.3. The van der Waals surface area contributed by atoms with Crippen LogP contribution >= 0.6 is 0 Å². The molecule has 0 saturated heterocycles. The Morgan fingerprint density at radius 1 is 0.959 bits per heavy atom. The van der Waals surface area contributed by atoms with Crippen molar-refractivity contribution in [2.24, 2.45) is 17.8 Å². The Labute approximate surface area is 291 Å². The molecular formula is C40H54N4O5. The first-order chi connectivity index (χ1) is 23.7. The van der Waals surface area contributed by atoms with Crippen LogP contribution in [-0.2, 0) is 40.1 Å². The molecule has 3 aliphatic carbocycles. The lowest BCUT2D eigenvalue weighted by molar-refractivity contribution is -0.136. The highest BCUT2D eigenvalue weighted by Gasteiger charge is 2.40. The van der Waals surface area contributed by atoms with E-state index in [1.807, 2.05) is 36.5 Å². The highest BCUT2D eigenvalue weighted by molar-refractivity contribution is 5.92. The maximum atomic E-state index is 13.8. The van der Waals surface area contributed by atoms with Crippen LogP contribution in [0.5, 0.6) is 0 Å². The molecule has 1 aromatic carbocycles. The average Bonchev–Trinajstić information content (AvgIpc) is 3.98. The summed E-state index contributed by atoms with van der Waals surface area (Å²) < 4.78 is 0. The summed E-state index contributed by atoms with van der Waals surface area (Å²) in [5.41, 5.74) is 4.52. The Hall–Kier alpha value is -3.74. The largest absolute Gasteiger partial charge is 0.390 e. The van der Waals surface area contributed by atoms with Gasteiger partial charge in [0.05, 0.1) is 18.1 Å². The predicted octanol–water partition coefficient (Wildman–Crippen LogP) is 3.92. The number of aliphatic hydroxyl groups is 2. The summed E-state index contributed by atoms with van der Waals surface area (Å²) in [6.45, 7) is 0.469. The second-order valence-corrected chi connectivity index (χ2v) is 14.6. The van der Waals surface area contributed by atoms with E-state index in [2.05, 4.69) is 27.6 Å². The number of carbonyl (C=O) groups excluding carboxylic acids is 3. The second kappa shape index (κ2) is 17.8. The van der Waals surface area contributed by atoms with Gasteiger partial charge in [0.2, 0.25) is 11.8 Å². The molecule has 5 atom stereocenters. The molecule has 9 heteroatoms. The van der Waals surface area contributed by atoms with Crippen LogP contribution in [0.4, 0.5) is 0 Å². The number of nitrogens with zero attached hydrogens (tertiary/aromatic N) is 2. The van der Waals surface area contributed by atoms with Gasteiger partial charge in [-0.1, -0.05) is 68.4 Å². The van der Waals surface area contributed by atoms with Crippen molar-refractivity contribution in [3.05, 3.63) is 65.0 Å². The van der Waals surface area contributed by atoms with Crippen LogP contribution in [0.2, 0.25) is 0 Å². The van der Waals surface area contributed by atoms with E-state index in [4.69, 9.17) is 6.42 Å². The summed E-state index contributed by atoms with van der Waals surface area (Å²) in [5, 5.41) is 27.5. The number of hydrogen-bond acceptors (Lipinski definition) is 6. The van der Waals surface area contributed by atoms with E-state index in [1.54, 1.807) is 11.9 Å². The molecule has 1 heterocycles. The van der Waals surface area contributed by atoms with Gasteiger partial charge in [0.25, 0.3) is 5.91 Å². The monoisotopic (exact) mass is 670 g/mol. The van der Waals surface area contributed by atoms with Gasteiger partial charge in [-0.3, -0.25) is 19.4 Å². The molecule has 264 valence electrons. The zero-order valence-electron chi connectivity index (χ0n) is 29.0. The predicted molar refractivity (Wildman–Crippen MR) is 189 cm³/mol. The minimum atomic E-state index is -1.30. The topological polar surface area (TPSA) is 132 Å². The normalized spacial score (nSPS) is 19.3. The molecular weight excluding hydrogens is 616 g/mol. The van der Waals surface area contributed by atoms with E-state index in [0.29, 0.717) is 31.7 Å². The summed E-state index contributed by atoms with van der Waals surface area (Å²) >= 11 is 0. The van der Waals surface area contributed by atoms with Crippen molar-refractivity contribution in [3.8, 4) is 12.3 Å². The molecule has 5 rings (SSSR count). The third-order valence-electron chi connectivity index (χ3n) is 10.7. The zero-order valence-corrected chi connectivity index (χ0v) is 29.0. The van der Waals surface area contributed by atoms with Gasteiger partial charge in [0.1, 0.15) is 6.10 Å². The highest BCUT2D eigenvalue weighted by Crippen LogP contribution is 2.36. The number of nitrogens with one attached hydrogen (secondary N) is 2. The molecule has 3 aliphatic rings. The van der Waals surface area contributed by atoms with Crippen molar-refractivity contribution >= 4 is 17.7 Å². The van der Waals surface area contributed by atoms with E-state index in [1.165, 1.54) is 30.4 Å². The van der Waals surface area contributed by atoms with E-state index >= 15 is 0 Å². The summed E-state index contributed by atoms with van der Waals surface area (Å²) in [6, 6.07) is 9.66. The van der Waals surface area contributed by atoms with E-state index in [9.17, 15) is 24.6 Å². The fourth-order valence-corrected chi connectivity index (χ4v) is 7.46. The third-order valence-corrected chi connectivity index (χ3v) is 10.7. The van der Waals surface area contributed by atoms with Gasteiger partial charge in [-0.25, -0.2) is 0 Å². The minimum absolute atomic E-state index is 0.0348. The lowest BCUT2D eigenvalue weighted by atomic mass is 9.82. The van der Waals surface area contributed by atoms with Crippen LogP contribution in [0.3, 0.4) is 0 Å². The lowest BCUT2D eigenvalue weighted by Crippen LogP contribution is -2.55. The molecule has 4 N–H and O–H groups in total. The van der Waals surface area contributed by atoms with Gasteiger partial charge in [0, 0.05) is 38.3 Å². The third kappa shape index (κ3) is 10.6. The molecule has 1 aromatic heterocycles. The zero-order chi connectivity index (χ0) is 34.8. The second-order valence-electron chi connectivity index (χ2n) is 14.6. The molecule has 9 nitrogen and oxygen atoms in total. The first kappa shape index (κ1) is 36.5. The fraction of sp³-hybridized carbons (Fsp3) is 0.600. The summed E-state index contributed by atoms with van der Waals surface area (Å²) in [4.78, 5) is 47.1. The standard InChI is InChI=1S/C40H54N4O5/c1-3-34(40(49)43-35(23-28-14-8-5-9-15-28)38(47)37(46)29-18-19-29)42-39(48)32(22-27-12-6-4-7-13-27)25-36(45)44(2)21-20-33-24-30-16-10-11-17-31(30)26-41-33/h1,4,6-7,12-13,24,26,28-29,32,34-35,37-38,46-47H,5,8-11,14-23,25H2,2H3,(H,42,48)(H,43,49)/t32-,34+,35+,37+,38-/m1/s1.